The van der Waals surface area contributed by atoms with E-state index in [1.54, 1.807) is 4.57 Å². The average Bonchev–Trinajstić information content (AvgIpc) is 3.29. The monoisotopic (exact) mass is 577 g/mol. The number of rotatable bonds is 10. The van der Waals surface area contributed by atoms with Crippen LogP contribution in [0.5, 0.6) is 0 Å². The molecule has 1 saturated heterocycles. The first-order valence-corrected chi connectivity index (χ1v) is 13.3. The summed E-state index contributed by atoms with van der Waals surface area (Å²) in [5.74, 6) is -4.19. The third-order valence-corrected chi connectivity index (χ3v) is 8.06. The van der Waals surface area contributed by atoms with Crippen LogP contribution < -0.4 is 21.8 Å². The minimum absolute atomic E-state index is 0.0745. The predicted molar refractivity (Wildman–Crippen MR) is 140 cm³/mol. The molecule has 1 unspecified atom stereocenters. The number of ketones is 1. The molecule has 0 saturated carbocycles. The number of hydrogen-bond donors (Lipinski definition) is 5. The highest BCUT2D eigenvalue weighted by Gasteiger charge is 2.54. The van der Waals surface area contributed by atoms with Crippen molar-refractivity contribution in [1.82, 2.24) is 14.9 Å². The number of Topliss-reactive ketones (excluding diaryl/α,β-unsaturated/α-hetero) is 1. The van der Waals surface area contributed by atoms with Gasteiger partial charge in [0.2, 0.25) is 11.5 Å². The predicted octanol–water partition coefficient (Wildman–Crippen LogP) is -0.314. The van der Waals surface area contributed by atoms with E-state index in [4.69, 9.17) is 22.0 Å². The number of thioether (sulfide) groups is 1. The Morgan fingerprint density at radius 1 is 1.28 bits per heavy atom. The van der Waals surface area contributed by atoms with Crippen LogP contribution in [-0.4, -0.2) is 71.1 Å². The van der Waals surface area contributed by atoms with Gasteiger partial charge in [-0.2, -0.15) is 0 Å². The third kappa shape index (κ3) is 5.49. The van der Waals surface area contributed by atoms with E-state index in [1.807, 2.05) is 0 Å². The standard InChI is InChI=1S/C22H24N8O7S2/c1-22(2,20(35)36)37-28-14(12-7-39-21(25)27-12)13(31)3-10-17(32)30-15(19(33)34)9(6-38-18(10)30)4-29-5-11(23)16(24)26-8-29/h5,7-8,10,18,24H,3-4,6,23H2,1-2H3,(H4,25,27,33,34,35,36)/p+1/b28-14-/t10-,18?/m1/s1. The molecule has 2 aromatic heterocycles. The van der Waals surface area contributed by atoms with Crippen molar-refractivity contribution in [3.05, 3.63) is 34.9 Å². The van der Waals surface area contributed by atoms with E-state index in [2.05, 4.69) is 15.1 Å². The number of β-lactam (4-membered cyclic amide) rings is 1. The van der Waals surface area contributed by atoms with Crippen molar-refractivity contribution in [2.75, 3.05) is 23.0 Å². The SMILES string of the molecule is CC(C)(O/N=C(\C(=O)C[C@@H]1C(=O)N2C(C(=O)O)=C(C[n+]3cnc(N)c(N)c3)CSC12)c1csc(N)n1)C(=O)O. The van der Waals surface area contributed by atoms with Gasteiger partial charge in [0.1, 0.15) is 29.8 Å². The topological polar surface area (TPSA) is 241 Å². The second kappa shape index (κ2) is 10.5. The Balaban J connectivity index is 1.56. The summed E-state index contributed by atoms with van der Waals surface area (Å²) < 4.78 is 1.57. The zero-order chi connectivity index (χ0) is 28.6. The van der Waals surface area contributed by atoms with Gasteiger partial charge in [-0.25, -0.2) is 19.1 Å². The van der Waals surface area contributed by atoms with E-state index >= 15 is 0 Å². The lowest BCUT2D eigenvalue weighted by Crippen LogP contribution is -2.62. The molecular formula is C22H25N8O7S2+. The smallest absolute Gasteiger partial charge is 0.352 e. The van der Waals surface area contributed by atoms with Crippen LogP contribution in [-0.2, 0) is 30.6 Å². The van der Waals surface area contributed by atoms with E-state index in [-0.39, 0.29) is 52.5 Å². The fourth-order valence-corrected chi connectivity index (χ4v) is 5.82. The Bertz CT molecular complexity index is 1440. The number of fused-ring (bicyclic) bond motifs is 1. The van der Waals surface area contributed by atoms with Gasteiger partial charge in [-0.1, -0.05) is 5.16 Å². The Morgan fingerprint density at radius 3 is 2.59 bits per heavy atom. The van der Waals surface area contributed by atoms with Crippen molar-refractivity contribution < 1.29 is 38.8 Å². The molecule has 4 heterocycles. The number of carboxylic acid groups (broad SMARTS) is 2. The molecule has 4 rings (SSSR count). The molecule has 1 amide bonds. The molecule has 2 atom stereocenters. The first kappa shape index (κ1) is 27.8. The lowest BCUT2D eigenvalue weighted by atomic mass is 9.89. The highest BCUT2D eigenvalue weighted by Crippen LogP contribution is 2.45. The fourth-order valence-electron chi connectivity index (χ4n) is 3.87. The summed E-state index contributed by atoms with van der Waals surface area (Å²) in [6.45, 7) is 2.63. The first-order chi connectivity index (χ1) is 18.3. The van der Waals surface area contributed by atoms with Crippen LogP contribution in [0.3, 0.4) is 0 Å². The molecule has 0 bridgehead atoms. The number of nitrogens with zero attached hydrogens (tertiary/aromatic N) is 5. The normalized spacial score (nSPS) is 19.4. The molecule has 206 valence electrons. The van der Waals surface area contributed by atoms with Gasteiger partial charge in [-0.05, 0) is 18.8 Å². The average molecular weight is 578 g/mol. The van der Waals surface area contributed by atoms with Gasteiger partial charge in [0.05, 0.1) is 11.3 Å². The molecule has 1 fully saturated rings. The van der Waals surface area contributed by atoms with Crippen molar-refractivity contribution in [1.29, 1.82) is 0 Å². The second-order valence-corrected chi connectivity index (χ2v) is 11.2. The van der Waals surface area contributed by atoms with Gasteiger partial charge in [0.15, 0.2) is 16.6 Å². The van der Waals surface area contributed by atoms with Gasteiger partial charge in [-0.15, -0.1) is 23.1 Å². The quantitative estimate of drug-likeness (QED) is 0.105. The maximum absolute atomic E-state index is 13.3. The van der Waals surface area contributed by atoms with Crippen LogP contribution in [0.25, 0.3) is 0 Å². The summed E-state index contributed by atoms with van der Waals surface area (Å²) >= 11 is 2.36. The molecule has 0 spiro atoms. The number of anilines is 3. The molecule has 0 radical (unpaired) electrons. The molecule has 2 aliphatic heterocycles. The molecule has 8 N–H and O–H groups in total. The largest absolute Gasteiger partial charge is 0.478 e. The van der Waals surface area contributed by atoms with Gasteiger partial charge in [0, 0.05) is 23.1 Å². The molecular weight excluding hydrogens is 552 g/mol. The number of thiazole rings is 1. The molecule has 2 aromatic rings. The lowest BCUT2D eigenvalue weighted by Gasteiger charge is -2.49. The fraction of sp³-hybridized carbons (Fsp3) is 0.364. The highest BCUT2D eigenvalue weighted by molar-refractivity contribution is 8.00. The minimum atomic E-state index is -1.74. The zero-order valence-electron chi connectivity index (χ0n) is 20.7. The Kier molecular flexibility index (Phi) is 7.47. The Labute approximate surface area is 229 Å². The number of nitrogen functional groups attached to an aromatic ring is 3. The van der Waals surface area contributed by atoms with E-state index in [1.165, 1.54) is 48.4 Å². The van der Waals surface area contributed by atoms with Gasteiger partial charge >= 0.3 is 11.9 Å². The van der Waals surface area contributed by atoms with Gasteiger partial charge < -0.3 is 32.3 Å². The van der Waals surface area contributed by atoms with Crippen LogP contribution in [0.4, 0.5) is 16.6 Å². The number of carboxylic acids is 2. The van der Waals surface area contributed by atoms with Crippen molar-refractivity contribution in [3.8, 4) is 0 Å². The van der Waals surface area contributed by atoms with Crippen molar-refractivity contribution in [2.24, 2.45) is 11.1 Å². The summed E-state index contributed by atoms with van der Waals surface area (Å²) in [4.78, 5) is 64.3. The maximum Gasteiger partial charge on any atom is 0.352 e. The number of amides is 1. The molecule has 15 nitrogen and oxygen atoms in total. The number of oxime groups is 1. The Hall–Kier alpha value is -4.25. The van der Waals surface area contributed by atoms with E-state index in [0.29, 0.717) is 5.57 Å². The third-order valence-electron chi connectivity index (χ3n) is 5.99. The highest BCUT2D eigenvalue weighted by atomic mass is 32.2. The van der Waals surface area contributed by atoms with Crippen LogP contribution in [0.15, 0.2) is 34.3 Å². The number of aliphatic carboxylic acids is 2. The number of nitrogens with two attached hydrogens (primary N) is 3. The molecule has 39 heavy (non-hydrogen) atoms. The van der Waals surface area contributed by atoms with E-state index in [0.717, 1.165) is 11.3 Å². The van der Waals surface area contributed by atoms with Crippen molar-refractivity contribution in [3.63, 3.8) is 0 Å². The Morgan fingerprint density at radius 2 is 2.00 bits per heavy atom. The van der Waals surface area contributed by atoms with E-state index < -0.39 is 40.5 Å². The van der Waals surface area contributed by atoms with Crippen molar-refractivity contribution in [2.45, 2.75) is 37.8 Å². The summed E-state index contributed by atoms with van der Waals surface area (Å²) in [6, 6.07) is 0. The molecule has 0 aromatic carbocycles. The molecule has 0 aliphatic carbocycles. The first-order valence-electron chi connectivity index (χ1n) is 11.3. The zero-order valence-corrected chi connectivity index (χ0v) is 22.4. The van der Waals surface area contributed by atoms with Crippen molar-refractivity contribution >= 4 is 69.1 Å². The van der Waals surface area contributed by atoms with Crippen LogP contribution in [0.2, 0.25) is 0 Å². The summed E-state index contributed by atoms with van der Waals surface area (Å²) in [7, 11) is 0. The maximum atomic E-state index is 13.3. The van der Waals surface area contributed by atoms with Gasteiger partial charge in [-0.3, -0.25) is 14.5 Å². The molecule has 2 aliphatic rings. The minimum Gasteiger partial charge on any atom is -0.478 e. The van der Waals surface area contributed by atoms with Gasteiger partial charge in [0.25, 0.3) is 12.1 Å². The van der Waals surface area contributed by atoms with Crippen LogP contribution in [0.1, 0.15) is 26.0 Å². The number of carbonyl (C=O) groups is 4. The van der Waals surface area contributed by atoms with Crippen LogP contribution in [0, 0.1) is 5.92 Å². The summed E-state index contributed by atoms with van der Waals surface area (Å²) in [5, 5.41) is 24.0. The number of hydrogen-bond acceptors (Lipinski definition) is 13. The lowest BCUT2D eigenvalue weighted by molar-refractivity contribution is -0.691. The summed E-state index contributed by atoms with van der Waals surface area (Å²) in [6.07, 6.45) is 2.61. The van der Waals surface area contributed by atoms with Crippen LogP contribution >= 0.6 is 23.1 Å². The second-order valence-electron chi connectivity index (χ2n) is 9.21. The molecule has 17 heteroatoms. The van der Waals surface area contributed by atoms with E-state index in [9.17, 15) is 29.4 Å². The number of carbonyl (C=O) groups excluding carboxylic acids is 2. The summed E-state index contributed by atoms with van der Waals surface area (Å²) in [5.41, 5.74) is 15.7. The number of aromatic nitrogens is 3.